The van der Waals surface area contributed by atoms with Crippen molar-refractivity contribution in [2.75, 3.05) is 6.54 Å². The van der Waals surface area contributed by atoms with Crippen molar-refractivity contribution < 1.29 is 5.11 Å². The van der Waals surface area contributed by atoms with E-state index in [2.05, 4.69) is 15.7 Å². The van der Waals surface area contributed by atoms with E-state index in [9.17, 15) is 5.11 Å². The minimum atomic E-state index is -0.810. The number of thiophene rings is 1. The molecule has 0 aromatic carbocycles. The largest absolute Gasteiger partial charge is 0.384 e. The third-order valence-electron chi connectivity index (χ3n) is 3.41. The number of nitrogens with zero attached hydrogens (tertiary/aromatic N) is 1. The van der Waals surface area contributed by atoms with Crippen LogP contribution in [0, 0.1) is 0 Å². The molecule has 0 aliphatic heterocycles. The van der Waals surface area contributed by atoms with Crippen molar-refractivity contribution in [3.63, 3.8) is 0 Å². The van der Waals surface area contributed by atoms with Crippen molar-refractivity contribution in [1.29, 1.82) is 0 Å². The van der Waals surface area contributed by atoms with Gasteiger partial charge in [-0.15, -0.1) is 11.3 Å². The maximum Gasteiger partial charge on any atom is 0.1000 e. The van der Waals surface area contributed by atoms with E-state index in [0.717, 1.165) is 23.7 Å². The molecule has 1 atom stereocenters. The van der Waals surface area contributed by atoms with E-state index in [0.29, 0.717) is 6.54 Å². The number of thiazole rings is 1. The highest BCUT2D eigenvalue weighted by atomic mass is 32.1. The lowest BCUT2D eigenvalue weighted by Gasteiger charge is -2.22. The first-order valence-corrected chi connectivity index (χ1v) is 8.37. The van der Waals surface area contributed by atoms with E-state index in [-0.39, 0.29) is 0 Å². The Morgan fingerprint density at radius 2 is 2.32 bits per heavy atom. The van der Waals surface area contributed by atoms with Crippen LogP contribution in [0.3, 0.4) is 0 Å². The van der Waals surface area contributed by atoms with E-state index >= 15 is 0 Å². The Hall–Kier alpha value is -0.750. The van der Waals surface area contributed by atoms with Crippen LogP contribution < -0.4 is 5.32 Å². The Kier molecular flexibility index (Phi) is 3.71. The molecule has 1 fully saturated rings. The van der Waals surface area contributed by atoms with E-state index in [1.54, 1.807) is 22.7 Å². The number of hydrogen-bond acceptors (Lipinski definition) is 5. The third kappa shape index (κ3) is 3.23. The molecule has 2 aromatic rings. The van der Waals surface area contributed by atoms with Gasteiger partial charge in [0.15, 0.2) is 0 Å². The van der Waals surface area contributed by atoms with Crippen molar-refractivity contribution >= 4 is 22.7 Å². The van der Waals surface area contributed by atoms with Crippen LogP contribution in [-0.2, 0) is 12.1 Å². The van der Waals surface area contributed by atoms with Crippen LogP contribution in [0.2, 0.25) is 0 Å². The predicted molar refractivity (Wildman–Crippen MR) is 79.7 cm³/mol. The molecule has 2 N–H and O–H groups in total. The average Bonchev–Trinajstić information content (AvgIpc) is 2.92. The zero-order valence-corrected chi connectivity index (χ0v) is 12.6. The summed E-state index contributed by atoms with van der Waals surface area (Å²) in [6, 6.07) is 1.97. The molecule has 0 saturated heterocycles. The molecule has 3 nitrogen and oxygen atoms in total. The van der Waals surface area contributed by atoms with Gasteiger partial charge in [-0.3, -0.25) is 0 Å². The quantitative estimate of drug-likeness (QED) is 0.860. The summed E-state index contributed by atoms with van der Waals surface area (Å²) in [4.78, 5) is 4.63. The van der Waals surface area contributed by atoms with Crippen LogP contribution in [0.25, 0.3) is 0 Å². The average molecular weight is 294 g/mol. The van der Waals surface area contributed by atoms with Gasteiger partial charge in [0.05, 0.1) is 16.3 Å². The second-order valence-corrected chi connectivity index (χ2v) is 7.01. The molecule has 102 valence electrons. The van der Waals surface area contributed by atoms with Crippen molar-refractivity contribution in [3.8, 4) is 0 Å². The van der Waals surface area contributed by atoms with Gasteiger partial charge in [0.1, 0.15) is 0 Å². The Labute approximate surface area is 121 Å². The first kappa shape index (κ1) is 13.2. The summed E-state index contributed by atoms with van der Waals surface area (Å²) < 4.78 is 0. The second-order valence-electron chi connectivity index (χ2n) is 5.34. The summed E-state index contributed by atoms with van der Waals surface area (Å²) in [5.74, 6) is 0.729. The second kappa shape index (κ2) is 5.32. The van der Waals surface area contributed by atoms with E-state index in [4.69, 9.17) is 0 Å². The molecule has 19 heavy (non-hydrogen) atoms. The van der Waals surface area contributed by atoms with Crippen molar-refractivity contribution in [2.24, 2.45) is 0 Å². The van der Waals surface area contributed by atoms with Gasteiger partial charge in [0.2, 0.25) is 0 Å². The molecule has 1 unspecified atom stereocenters. The SMILES string of the molecule is CC(O)(CNCc1csc(C2CC2)n1)c1ccsc1. The lowest BCUT2D eigenvalue weighted by atomic mass is 9.99. The van der Waals surface area contributed by atoms with Gasteiger partial charge >= 0.3 is 0 Å². The molecule has 1 saturated carbocycles. The molecule has 1 aliphatic carbocycles. The first-order valence-electron chi connectivity index (χ1n) is 6.55. The van der Waals surface area contributed by atoms with Crippen molar-refractivity contribution in [3.05, 3.63) is 38.5 Å². The minimum absolute atomic E-state index is 0.542. The maximum atomic E-state index is 10.4. The fraction of sp³-hybridized carbons (Fsp3) is 0.500. The monoisotopic (exact) mass is 294 g/mol. The van der Waals surface area contributed by atoms with Crippen LogP contribution in [0.5, 0.6) is 0 Å². The zero-order valence-electron chi connectivity index (χ0n) is 10.9. The summed E-state index contributed by atoms with van der Waals surface area (Å²) in [5.41, 5.74) is 1.25. The first-order chi connectivity index (χ1) is 9.15. The number of nitrogens with one attached hydrogen (secondary N) is 1. The summed E-state index contributed by atoms with van der Waals surface area (Å²) in [5, 5.41) is 21.1. The maximum absolute atomic E-state index is 10.4. The molecule has 0 radical (unpaired) electrons. The molecule has 2 heterocycles. The van der Waals surface area contributed by atoms with Crippen LogP contribution in [-0.4, -0.2) is 16.6 Å². The normalized spacial score (nSPS) is 18.4. The van der Waals surface area contributed by atoms with Gasteiger partial charge in [0.25, 0.3) is 0 Å². The fourth-order valence-corrected chi connectivity index (χ4v) is 3.80. The minimum Gasteiger partial charge on any atom is -0.384 e. The lowest BCUT2D eigenvalue weighted by molar-refractivity contribution is 0.0570. The molecule has 0 amide bonds. The number of aromatic nitrogens is 1. The number of hydrogen-bond donors (Lipinski definition) is 2. The van der Waals surface area contributed by atoms with Crippen molar-refractivity contribution in [2.45, 2.75) is 37.8 Å². The van der Waals surface area contributed by atoms with Gasteiger partial charge in [-0.2, -0.15) is 11.3 Å². The summed E-state index contributed by atoms with van der Waals surface area (Å²) >= 11 is 3.38. The summed E-state index contributed by atoms with van der Waals surface area (Å²) in [6.07, 6.45) is 2.60. The van der Waals surface area contributed by atoms with Crippen LogP contribution >= 0.6 is 22.7 Å². The summed E-state index contributed by atoms with van der Waals surface area (Å²) in [7, 11) is 0. The van der Waals surface area contributed by atoms with E-state index in [1.807, 2.05) is 23.8 Å². The Balaban J connectivity index is 1.51. The van der Waals surface area contributed by atoms with Crippen LogP contribution in [0.4, 0.5) is 0 Å². The van der Waals surface area contributed by atoms with Crippen molar-refractivity contribution in [1.82, 2.24) is 10.3 Å². The highest BCUT2D eigenvalue weighted by Gasteiger charge is 2.27. The van der Waals surface area contributed by atoms with Gasteiger partial charge in [-0.1, -0.05) is 0 Å². The predicted octanol–water partition coefficient (Wildman–Crippen LogP) is 3.08. The van der Waals surface area contributed by atoms with E-state index in [1.165, 1.54) is 17.8 Å². The Morgan fingerprint density at radius 1 is 1.47 bits per heavy atom. The molecule has 2 aromatic heterocycles. The standard InChI is InChI=1S/C14H18N2OS2/c1-14(17,11-4-5-18-7-11)9-15-6-12-8-19-13(16-12)10-2-3-10/h4-5,7-8,10,15,17H,2-3,6,9H2,1H3. The molecule has 1 aliphatic rings. The molecule has 0 bridgehead atoms. The van der Waals surface area contributed by atoms with Gasteiger partial charge < -0.3 is 10.4 Å². The van der Waals surface area contributed by atoms with Gasteiger partial charge in [-0.05, 0) is 42.2 Å². The molecule has 5 heteroatoms. The van der Waals surface area contributed by atoms with E-state index < -0.39 is 5.60 Å². The van der Waals surface area contributed by atoms with Crippen LogP contribution in [0.1, 0.15) is 41.9 Å². The highest BCUT2D eigenvalue weighted by molar-refractivity contribution is 7.09. The zero-order chi connectivity index (χ0) is 13.3. The smallest absolute Gasteiger partial charge is 0.1000 e. The molecular weight excluding hydrogens is 276 g/mol. The van der Waals surface area contributed by atoms with Gasteiger partial charge in [-0.25, -0.2) is 4.98 Å². The molecular formula is C14H18N2OS2. The summed E-state index contributed by atoms with van der Waals surface area (Å²) in [6.45, 7) is 3.11. The lowest BCUT2D eigenvalue weighted by Crippen LogP contribution is -2.34. The van der Waals surface area contributed by atoms with Gasteiger partial charge in [0, 0.05) is 24.4 Å². The Bertz CT molecular complexity index is 529. The molecule has 0 spiro atoms. The molecule has 3 rings (SSSR count). The third-order valence-corrected chi connectivity index (χ3v) is 5.15. The number of rotatable bonds is 6. The fourth-order valence-electron chi connectivity index (χ4n) is 2.03. The Morgan fingerprint density at radius 3 is 3.00 bits per heavy atom. The highest BCUT2D eigenvalue weighted by Crippen LogP contribution is 2.41. The topological polar surface area (TPSA) is 45.1 Å². The van der Waals surface area contributed by atoms with Crippen LogP contribution in [0.15, 0.2) is 22.2 Å². The number of aliphatic hydroxyl groups is 1.